The first-order chi connectivity index (χ1) is 9.61. The molecule has 3 unspecified atom stereocenters. The summed E-state index contributed by atoms with van der Waals surface area (Å²) >= 11 is 0. The first-order valence-electron chi connectivity index (χ1n) is 8.49. The molecule has 3 atom stereocenters. The van der Waals surface area contributed by atoms with Crippen LogP contribution in [0.1, 0.15) is 58.8 Å². The zero-order valence-electron chi connectivity index (χ0n) is 13.2. The Balaban J connectivity index is 1.93. The zero-order valence-corrected chi connectivity index (χ0v) is 13.2. The van der Waals surface area contributed by atoms with Gasteiger partial charge in [0.05, 0.1) is 0 Å². The molecule has 1 heterocycles. The molecule has 0 spiro atoms. The maximum Gasteiger partial charge on any atom is 0.137 e. The summed E-state index contributed by atoms with van der Waals surface area (Å²) in [6.45, 7) is 6.89. The Morgan fingerprint density at radius 1 is 1.30 bits per heavy atom. The van der Waals surface area contributed by atoms with Crippen LogP contribution < -0.4 is 0 Å². The zero-order chi connectivity index (χ0) is 14.5. The number of carbonyl (C=O) groups excluding carboxylic acids is 1. The van der Waals surface area contributed by atoms with Crippen LogP contribution in [0, 0.1) is 17.8 Å². The van der Waals surface area contributed by atoms with Crippen molar-refractivity contribution in [3.8, 4) is 0 Å². The van der Waals surface area contributed by atoms with E-state index in [2.05, 4.69) is 18.7 Å². The molecule has 2 rings (SSSR count). The summed E-state index contributed by atoms with van der Waals surface area (Å²) in [5.41, 5.74) is 0. The largest absolute Gasteiger partial charge is 0.396 e. The van der Waals surface area contributed by atoms with E-state index in [1.165, 1.54) is 19.3 Å². The second-order valence-corrected chi connectivity index (χ2v) is 7.10. The van der Waals surface area contributed by atoms with Crippen LogP contribution in [0.25, 0.3) is 0 Å². The van der Waals surface area contributed by atoms with Crippen LogP contribution in [0.5, 0.6) is 0 Å². The SMILES string of the molecule is CC(C)C1CCC(=O)C(CN2CCCCC2CCO)C1. The number of ketones is 1. The lowest BCUT2D eigenvalue weighted by molar-refractivity contribution is -0.127. The lowest BCUT2D eigenvalue weighted by Gasteiger charge is -2.39. The summed E-state index contributed by atoms with van der Waals surface area (Å²) in [6, 6.07) is 0.501. The summed E-state index contributed by atoms with van der Waals surface area (Å²) < 4.78 is 0. The molecule has 2 fully saturated rings. The Morgan fingerprint density at radius 3 is 2.80 bits per heavy atom. The number of piperidine rings is 1. The molecule has 1 aliphatic heterocycles. The summed E-state index contributed by atoms with van der Waals surface area (Å²) in [5, 5.41) is 9.22. The summed E-state index contributed by atoms with van der Waals surface area (Å²) in [4.78, 5) is 14.7. The number of carbonyl (C=O) groups is 1. The maximum absolute atomic E-state index is 12.2. The Hall–Kier alpha value is -0.410. The molecule has 0 bridgehead atoms. The van der Waals surface area contributed by atoms with Gasteiger partial charge in [0.2, 0.25) is 0 Å². The molecule has 1 saturated heterocycles. The maximum atomic E-state index is 12.2. The van der Waals surface area contributed by atoms with Gasteiger partial charge >= 0.3 is 0 Å². The van der Waals surface area contributed by atoms with Crippen molar-refractivity contribution in [2.24, 2.45) is 17.8 Å². The lowest BCUT2D eigenvalue weighted by atomic mass is 9.75. The third-order valence-electron chi connectivity index (χ3n) is 5.41. The molecular weight excluding hydrogens is 250 g/mol. The number of aliphatic hydroxyl groups is 1. The molecule has 0 aromatic heterocycles. The first-order valence-corrected chi connectivity index (χ1v) is 8.49. The van der Waals surface area contributed by atoms with Crippen LogP contribution in [0.3, 0.4) is 0 Å². The second-order valence-electron chi connectivity index (χ2n) is 7.10. The number of rotatable bonds is 5. The van der Waals surface area contributed by atoms with Gasteiger partial charge in [-0.2, -0.15) is 0 Å². The molecule has 116 valence electrons. The van der Waals surface area contributed by atoms with Crippen molar-refractivity contribution < 1.29 is 9.90 Å². The van der Waals surface area contributed by atoms with E-state index in [0.717, 1.165) is 44.7 Å². The highest BCUT2D eigenvalue weighted by Crippen LogP contribution is 2.33. The number of hydrogen-bond donors (Lipinski definition) is 1. The number of likely N-dealkylation sites (tertiary alicyclic amines) is 1. The van der Waals surface area contributed by atoms with Crippen molar-refractivity contribution in [2.75, 3.05) is 19.7 Å². The Kier molecular flexibility index (Phi) is 6.03. The fraction of sp³-hybridized carbons (Fsp3) is 0.941. The summed E-state index contributed by atoms with van der Waals surface area (Å²) in [5.74, 6) is 2.14. The van der Waals surface area contributed by atoms with Gasteiger partial charge in [0, 0.05) is 31.5 Å². The standard InChI is InChI=1S/C17H31NO2/c1-13(2)14-6-7-17(20)15(11-14)12-18-9-4-3-5-16(18)8-10-19/h13-16,19H,3-12H2,1-2H3. The number of hydrogen-bond acceptors (Lipinski definition) is 3. The van der Waals surface area contributed by atoms with Crippen LogP contribution in [0.4, 0.5) is 0 Å². The predicted octanol–water partition coefficient (Wildman–Crippen LogP) is 2.86. The van der Waals surface area contributed by atoms with E-state index < -0.39 is 0 Å². The minimum Gasteiger partial charge on any atom is -0.396 e. The molecule has 1 N–H and O–H groups in total. The van der Waals surface area contributed by atoms with Gasteiger partial charge in [0.1, 0.15) is 5.78 Å². The van der Waals surface area contributed by atoms with Crippen molar-refractivity contribution >= 4 is 5.78 Å². The minimum absolute atomic E-state index is 0.246. The average molecular weight is 281 g/mol. The van der Waals surface area contributed by atoms with Crippen LogP contribution in [0.15, 0.2) is 0 Å². The Labute approximate surface area is 123 Å². The van der Waals surface area contributed by atoms with Crippen molar-refractivity contribution in [1.82, 2.24) is 4.90 Å². The van der Waals surface area contributed by atoms with Gasteiger partial charge < -0.3 is 5.11 Å². The summed E-state index contributed by atoms with van der Waals surface area (Å²) in [7, 11) is 0. The van der Waals surface area contributed by atoms with Crippen molar-refractivity contribution in [3.63, 3.8) is 0 Å². The highest BCUT2D eigenvalue weighted by molar-refractivity contribution is 5.82. The predicted molar refractivity (Wildman–Crippen MR) is 81.6 cm³/mol. The molecule has 3 heteroatoms. The molecule has 3 nitrogen and oxygen atoms in total. The van der Waals surface area contributed by atoms with Gasteiger partial charge in [0.15, 0.2) is 0 Å². The smallest absolute Gasteiger partial charge is 0.137 e. The van der Waals surface area contributed by atoms with Gasteiger partial charge in [-0.1, -0.05) is 20.3 Å². The van der Waals surface area contributed by atoms with E-state index in [9.17, 15) is 9.90 Å². The van der Waals surface area contributed by atoms with Crippen molar-refractivity contribution in [1.29, 1.82) is 0 Å². The molecule has 20 heavy (non-hydrogen) atoms. The molecular formula is C17H31NO2. The fourth-order valence-electron chi connectivity index (χ4n) is 3.99. The van der Waals surface area contributed by atoms with Gasteiger partial charge in [-0.15, -0.1) is 0 Å². The quantitative estimate of drug-likeness (QED) is 0.842. The summed E-state index contributed by atoms with van der Waals surface area (Å²) in [6.07, 6.45) is 7.53. The minimum atomic E-state index is 0.246. The number of nitrogens with zero attached hydrogens (tertiary/aromatic N) is 1. The van der Waals surface area contributed by atoms with Crippen molar-refractivity contribution in [2.45, 2.75) is 64.8 Å². The van der Waals surface area contributed by atoms with Crippen LogP contribution >= 0.6 is 0 Å². The van der Waals surface area contributed by atoms with Crippen molar-refractivity contribution in [3.05, 3.63) is 0 Å². The molecule has 0 aromatic carbocycles. The van der Waals surface area contributed by atoms with Crippen LogP contribution in [-0.2, 0) is 4.79 Å². The number of Topliss-reactive ketones (excluding diaryl/α,β-unsaturated/α-hetero) is 1. The molecule has 0 aromatic rings. The fourth-order valence-corrected chi connectivity index (χ4v) is 3.99. The van der Waals surface area contributed by atoms with E-state index >= 15 is 0 Å². The van der Waals surface area contributed by atoms with E-state index in [4.69, 9.17) is 0 Å². The van der Waals surface area contributed by atoms with E-state index in [1.807, 2.05) is 0 Å². The van der Waals surface area contributed by atoms with Crippen LogP contribution in [-0.4, -0.2) is 41.5 Å². The Bertz CT molecular complexity index is 314. The highest BCUT2D eigenvalue weighted by atomic mass is 16.3. The monoisotopic (exact) mass is 281 g/mol. The normalized spacial score (nSPS) is 32.8. The average Bonchev–Trinajstić information content (AvgIpc) is 2.43. The van der Waals surface area contributed by atoms with Gasteiger partial charge in [-0.3, -0.25) is 9.69 Å². The third kappa shape index (κ3) is 4.05. The molecule has 0 radical (unpaired) electrons. The van der Waals surface area contributed by atoms with Gasteiger partial charge in [-0.05, 0) is 50.5 Å². The molecule has 1 aliphatic carbocycles. The third-order valence-corrected chi connectivity index (χ3v) is 5.41. The number of aliphatic hydroxyl groups excluding tert-OH is 1. The van der Waals surface area contributed by atoms with E-state index in [0.29, 0.717) is 17.7 Å². The molecule has 0 amide bonds. The van der Waals surface area contributed by atoms with Gasteiger partial charge in [-0.25, -0.2) is 0 Å². The molecule has 2 aliphatic rings. The molecule has 1 saturated carbocycles. The van der Waals surface area contributed by atoms with Gasteiger partial charge in [0.25, 0.3) is 0 Å². The van der Waals surface area contributed by atoms with Crippen LogP contribution in [0.2, 0.25) is 0 Å². The topological polar surface area (TPSA) is 40.5 Å². The highest BCUT2D eigenvalue weighted by Gasteiger charge is 2.33. The Morgan fingerprint density at radius 2 is 2.10 bits per heavy atom. The van der Waals surface area contributed by atoms with E-state index in [-0.39, 0.29) is 12.5 Å². The second kappa shape index (κ2) is 7.56. The first kappa shape index (κ1) is 16.0. The lowest BCUT2D eigenvalue weighted by Crippen LogP contribution is -2.45. The van der Waals surface area contributed by atoms with E-state index in [1.54, 1.807) is 0 Å².